The third kappa shape index (κ3) is 6.60. The number of pyridine rings is 1. The van der Waals surface area contributed by atoms with Crippen LogP contribution >= 0.6 is 0 Å². The van der Waals surface area contributed by atoms with Crippen LogP contribution in [0.25, 0.3) is 0 Å². The summed E-state index contributed by atoms with van der Waals surface area (Å²) in [6.07, 6.45) is -1.77. The fourth-order valence-corrected chi connectivity index (χ4v) is 3.62. The van der Waals surface area contributed by atoms with E-state index >= 15 is 0 Å². The lowest BCUT2D eigenvalue weighted by Crippen LogP contribution is -2.28. The number of nitrogens with zero attached hydrogens (tertiary/aromatic N) is 1. The number of halogens is 3. The topological polar surface area (TPSA) is 109 Å². The number of benzene rings is 2. The van der Waals surface area contributed by atoms with Gasteiger partial charge >= 0.3 is 12.4 Å². The highest BCUT2D eigenvalue weighted by atomic mass is 32.2. The molecule has 2 aromatic carbocycles. The van der Waals surface area contributed by atoms with E-state index in [0.29, 0.717) is 5.69 Å². The minimum Gasteiger partial charge on any atom is -0.404 e. The van der Waals surface area contributed by atoms with Crippen molar-refractivity contribution in [2.45, 2.75) is 17.8 Å². The predicted octanol–water partition coefficient (Wildman–Crippen LogP) is 4.10. The van der Waals surface area contributed by atoms with Crippen molar-refractivity contribution < 1.29 is 31.1 Å². The Morgan fingerprint density at radius 3 is 2.38 bits per heavy atom. The van der Waals surface area contributed by atoms with E-state index in [1.54, 1.807) is 24.5 Å². The predicted molar refractivity (Wildman–Crippen MR) is 110 cm³/mol. The molecule has 168 valence electrons. The molecule has 0 saturated carbocycles. The zero-order chi connectivity index (χ0) is 23.2. The number of hydrogen-bond acceptors (Lipinski definition) is 5. The molecule has 8 nitrogen and oxygen atoms in total. The number of sulfonamides is 1. The highest BCUT2D eigenvalue weighted by Gasteiger charge is 2.32. The molecular weight excluding hydrogens is 449 g/mol. The number of aromatic nitrogens is 1. The van der Waals surface area contributed by atoms with Crippen LogP contribution in [0, 0.1) is 0 Å². The van der Waals surface area contributed by atoms with Crippen molar-refractivity contribution in [3.05, 3.63) is 78.6 Å². The van der Waals surface area contributed by atoms with E-state index in [9.17, 15) is 26.4 Å². The molecule has 0 radical (unpaired) electrons. The number of amides is 2. The van der Waals surface area contributed by atoms with Gasteiger partial charge in [0, 0.05) is 24.6 Å². The van der Waals surface area contributed by atoms with Crippen LogP contribution in [0.4, 0.5) is 29.3 Å². The third-order valence-corrected chi connectivity index (χ3v) is 5.34. The van der Waals surface area contributed by atoms with Gasteiger partial charge in [-0.3, -0.25) is 9.71 Å². The summed E-state index contributed by atoms with van der Waals surface area (Å²) in [6.45, 7) is 0.245. The molecule has 0 unspecified atom stereocenters. The number of anilines is 2. The van der Waals surface area contributed by atoms with E-state index in [0.717, 1.165) is 17.7 Å². The van der Waals surface area contributed by atoms with E-state index in [-0.39, 0.29) is 17.1 Å². The number of carbonyl (C=O) groups excluding carboxylic acids is 1. The average Bonchev–Trinajstić information content (AvgIpc) is 2.74. The quantitative estimate of drug-likeness (QED) is 0.486. The molecule has 0 bridgehead atoms. The molecule has 1 heterocycles. The van der Waals surface area contributed by atoms with Crippen molar-refractivity contribution in [2.75, 3.05) is 10.0 Å². The van der Waals surface area contributed by atoms with Crippen molar-refractivity contribution >= 4 is 27.4 Å². The maximum absolute atomic E-state index is 12.6. The summed E-state index contributed by atoms with van der Waals surface area (Å²) in [4.78, 5) is 15.7. The summed E-state index contributed by atoms with van der Waals surface area (Å²) in [7, 11) is -4.22. The van der Waals surface area contributed by atoms with Crippen molar-refractivity contribution in [1.82, 2.24) is 10.3 Å². The van der Waals surface area contributed by atoms with Gasteiger partial charge in [-0.15, -0.1) is 13.2 Å². The van der Waals surface area contributed by atoms with Gasteiger partial charge in [0.15, 0.2) is 5.75 Å². The first-order valence-electron chi connectivity index (χ1n) is 9.04. The standard InChI is InChI=1S/C20H17F3N4O4S/c21-20(22,23)31-18-6-2-1-5-17(18)27-32(29,30)16-9-7-15(8-10-16)26-19(28)25-13-14-4-3-11-24-12-14/h1-12,27H,13H2,(H2,25,26,28). The molecule has 0 aliphatic heterocycles. The zero-order valence-electron chi connectivity index (χ0n) is 16.3. The Bertz CT molecular complexity index is 1170. The summed E-state index contributed by atoms with van der Waals surface area (Å²) in [6, 6.07) is 12.9. The highest BCUT2D eigenvalue weighted by Crippen LogP contribution is 2.31. The molecule has 1 aromatic heterocycles. The summed E-state index contributed by atoms with van der Waals surface area (Å²) >= 11 is 0. The van der Waals surface area contributed by atoms with Gasteiger partial charge in [-0.2, -0.15) is 0 Å². The molecule has 2 amide bonds. The van der Waals surface area contributed by atoms with E-state index < -0.39 is 28.2 Å². The molecule has 3 rings (SSSR count). The van der Waals surface area contributed by atoms with Crippen molar-refractivity contribution in [1.29, 1.82) is 0 Å². The Kier molecular flexibility index (Phi) is 6.83. The van der Waals surface area contributed by atoms with Crippen LogP contribution in [-0.4, -0.2) is 25.8 Å². The number of ether oxygens (including phenoxy) is 1. The summed E-state index contributed by atoms with van der Waals surface area (Å²) in [5.41, 5.74) is 0.736. The normalized spacial score (nSPS) is 11.5. The molecule has 12 heteroatoms. The first kappa shape index (κ1) is 22.9. The highest BCUT2D eigenvalue weighted by molar-refractivity contribution is 7.92. The number of nitrogens with one attached hydrogen (secondary N) is 3. The van der Waals surface area contributed by atoms with E-state index in [1.165, 1.54) is 36.4 Å². The molecule has 0 aliphatic rings. The number of carbonyl (C=O) groups is 1. The van der Waals surface area contributed by atoms with Gasteiger partial charge in [0.1, 0.15) is 0 Å². The van der Waals surface area contributed by atoms with Crippen LogP contribution in [0.2, 0.25) is 0 Å². The van der Waals surface area contributed by atoms with Crippen LogP contribution < -0.4 is 20.1 Å². The minimum absolute atomic E-state index is 0.222. The molecule has 0 spiro atoms. The maximum atomic E-state index is 12.6. The largest absolute Gasteiger partial charge is 0.573 e. The van der Waals surface area contributed by atoms with Gasteiger partial charge in [0.2, 0.25) is 0 Å². The van der Waals surface area contributed by atoms with Gasteiger partial charge < -0.3 is 15.4 Å². The number of urea groups is 1. The van der Waals surface area contributed by atoms with Crippen LogP contribution in [-0.2, 0) is 16.6 Å². The number of para-hydroxylation sites is 2. The molecule has 3 N–H and O–H groups in total. The van der Waals surface area contributed by atoms with Crippen LogP contribution in [0.1, 0.15) is 5.56 Å². The van der Waals surface area contributed by atoms with Gasteiger partial charge in [0.05, 0.1) is 10.6 Å². The van der Waals surface area contributed by atoms with Crippen molar-refractivity contribution in [3.63, 3.8) is 0 Å². The van der Waals surface area contributed by atoms with Crippen LogP contribution in [0.15, 0.2) is 78.0 Å². The molecule has 0 atom stereocenters. The smallest absolute Gasteiger partial charge is 0.404 e. The van der Waals surface area contributed by atoms with Gasteiger partial charge in [-0.1, -0.05) is 18.2 Å². The first-order valence-corrected chi connectivity index (χ1v) is 10.5. The lowest BCUT2D eigenvalue weighted by molar-refractivity contribution is -0.274. The van der Waals surface area contributed by atoms with Crippen molar-refractivity contribution in [2.24, 2.45) is 0 Å². The van der Waals surface area contributed by atoms with E-state index in [4.69, 9.17) is 0 Å². The van der Waals surface area contributed by atoms with Crippen LogP contribution in [0.3, 0.4) is 0 Å². The molecule has 0 fully saturated rings. The molecule has 0 aliphatic carbocycles. The van der Waals surface area contributed by atoms with Gasteiger partial charge in [0.25, 0.3) is 10.0 Å². The Morgan fingerprint density at radius 2 is 1.72 bits per heavy atom. The Morgan fingerprint density at radius 1 is 1.00 bits per heavy atom. The van der Waals surface area contributed by atoms with Crippen LogP contribution in [0.5, 0.6) is 5.75 Å². The van der Waals surface area contributed by atoms with E-state index in [2.05, 4.69) is 25.1 Å². The second-order valence-electron chi connectivity index (χ2n) is 6.34. The lowest BCUT2D eigenvalue weighted by Gasteiger charge is -2.15. The molecule has 3 aromatic rings. The number of hydrogen-bond donors (Lipinski definition) is 3. The number of alkyl halides is 3. The van der Waals surface area contributed by atoms with Crippen molar-refractivity contribution in [3.8, 4) is 5.75 Å². The molecular formula is C20H17F3N4O4S. The third-order valence-electron chi connectivity index (χ3n) is 3.96. The minimum atomic E-state index is -4.98. The lowest BCUT2D eigenvalue weighted by atomic mass is 10.3. The fourth-order valence-electron chi connectivity index (χ4n) is 2.55. The van der Waals surface area contributed by atoms with Gasteiger partial charge in [-0.05, 0) is 48.0 Å². The van der Waals surface area contributed by atoms with Gasteiger partial charge in [-0.25, -0.2) is 13.2 Å². The zero-order valence-corrected chi connectivity index (χ0v) is 17.1. The monoisotopic (exact) mass is 466 g/mol. The average molecular weight is 466 g/mol. The second-order valence-corrected chi connectivity index (χ2v) is 8.03. The Hall–Kier alpha value is -3.80. The SMILES string of the molecule is O=C(NCc1cccnc1)Nc1ccc(S(=O)(=O)Nc2ccccc2OC(F)(F)F)cc1. The molecule has 0 saturated heterocycles. The Labute approximate surface area is 181 Å². The summed E-state index contributed by atoms with van der Waals surface area (Å²) in [5.74, 6) is -0.688. The first-order chi connectivity index (χ1) is 15.1. The summed E-state index contributed by atoms with van der Waals surface area (Å²) in [5, 5.41) is 5.17. The van der Waals surface area contributed by atoms with E-state index in [1.807, 2.05) is 0 Å². The summed E-state index contributed by atoms with van der Waals surface area (Å²) < 4.78 is 68.6. The maximum Gasteiger partial charge on any atom is 0.573 e. The Balaban J connectivity index is 1.64. The number of rotatable bonds is 7. The second kappa shape index (κ2) is 9.56. The molecule has 32 heavy (non-hydrogen) atoms. The fraction of sp³-hybridized carbons (Fsp3) is 0.100.